The van der Waals surface area contributed by atoms with Gasteiger partial charge >= 0.3 is 0 Å². The number of aromatic hydroxyl groups is 1. The molecule has 17 heavy (non-hydrogen) atoms. The van der Waals surface area contributed by atoms with Gasteiger partial charge < -0.3 is 5.11 Å². The Morgan fingerprint density at radius 1 is 1.18 bits per heavy atom. The molecule has 0 radical (unpaired) electrons. The van der Waals surface area contributed by atoms with Crippen LogP contribution in [0.15, 0.2) is 18.2 Å². The molecule has 2 nitrogen and oxygen atoms in total. The second kappa shape index (κ2) is 5.50. The van der Waals surface area contributed by atoms with Crippen molar-refractivity contribution in [3.05, 3.63) is 29.6 Å². The summed E-state index contributed by atoms with van der Waals surface area (Å²) in [5, 5.41) is 9.81. The van der Waals surface area contributed by atoms with Gasteiger partial charge in [-0.25, -0.2) is 4.39 Å². The van der Waals surface area contributed by atoms with E-state index in [1.54, 1.807) is 0 Å². The maximum atomic E-state index is 13.2. The average molecular weight is 237 g/mol. The van der Waals surface area contributed by atoms with Gasteiger partial charge in [-0.2, -0.15) is 0 Å². The highest BCUT2D eigenvalue weighted by molar-refractivity contribution is 5.34. The van der Waals surface area contributed by atoms with Gasteiger partial charge in [-0.1, -0.05) is 12.8 Å². The second-order valence-corrected chi connectivity index (χ2v) is 4.83. The van der Waals surface area contributed by atoms with Crippen LogP contribution in [0.4, 0.5) is 4.39 Å². The Hall–Kier alpha value is -1.09. The monoisotopic (exact) mass is 237 g/mol. The number of hydrogen-bond acceptors (Lipinski definition) is 2. The first-order valence-electron chi connectivity index (χ1n) is 6.41. The average Bonchev–Trinajstić information content (AvgIpc) is 2.60. The van der Waals surface area contributed by atoms with E-state index in [-0.39, 0.29) is 17.6 Å². The van der Waals surface area contributed by atoms with Gasteiger partial charge in [-0.15, -0.1) is 0 Å². The Morgan fingerprint density at radius 2 is 1.82 bits per heavy atom. The molecule has 0 aliphatic carbocycles. The van der Waals surface area contributed by atoms with Crippen LogP contribution < -0.4 is 0 Å². The highest BCUT2D eigenvalue weighted by Crippen LogP contribution is 2.30. The van der Waals surface area contributed by atoms with E-state index in [1.807, 2.05) is 6.92 Å². The van der Waals surface area contributed by atoms with Gasteiger partial charge in [0.05, 0.1) is 0 Å². The van der Waals surface area contributed by atoms with E-state index in [0.717, 1.165) is 13.1 Å². The Morgan fingerprint density at radius 3 is 2.47 bits per heavy atom. The number of phenolic OH excluding ortho intramolecular Hbond substituents is 1. The Bertz CT molecular complexity index is 372. The molecule has 0 bridgehead atoms. The normalized spacial score (nSPS) is 19.9. The molecule has 0 aromatic heterocycles. The minimum absolute atomic E-state index is 0.0869. The molecule has 0 saturated carbocycles. The summed E-state index contributed by atoms with van der Waals surface area (Å²) in [4.78, 5) is 2.33. The zero-order chi connectivity index (χ0) is 12.3. The lowest BCUT2D eigenvalue weighted by Crippen LogP contribution is -2.28. The number of rotatable bonds is 2. The summed E-state index contributed by atoms with van der Waals surface area (Å²) in [6, 6.07) is 4.28. The lowest BCUT2D eigenvalue weighted by atomic mass is 10.1. The summed E-state index contributed by atoms with van der Waals surface area (Å²) < 4.78 is 13.2. The Balaban J connectivity index is 2.16. The Labute approximate surface area is 102 Å². The van der Waals surface area contributed by atoms with E-state index in [1.165, 1.54) is 43.9 Å². The molecule has 1 N–H and O–H groups in total. The fourth-order valence-corrected chi connectivity index (χ4v) is 2.54. The predicted molar refractivity (Wildman–Crippen MR) is 66.5 cm³/mol. The zero-order valence-electron chi connectivity index (χ0n) is 10.3. The van der Waals surface area contributed by atoms with Crippen molar-refractivity contribution in [3.8, 4) is 5.75 Å². The molecular formula is C14H20FNO. The molecule has 1 fully saturated rings. The molecule has 1 aliphatic rings. The SMILES string of the molecule is CC(c1cc(F)ccc1O)N1CCCCCC1. The lowest BCUT2D eigenvalue weighted by molar-refractivity contribution is 0.215. The summed E-state index contributed by atoms with van der Waals surface area (Å²) in [6.45, 7) is 4.12. The van der Waals surface area contributed by atoms with E-state index in [2.05, 4.69) is 4.90 Å². The van der Waals surface area contributed by atoms with Crippen LogP contribution in [0, 0.1) is 5.82 Å². The molecule has 0 spiro atoms. The van der Waals surface area contributed by atoms with Gasteiger partial charge in [0.2, 0.25) is 0 Å². The summed E-state index contributed by atoms with van der Waals surface area (Å²) in [5.41, 5.74) is 0.701. The molecule has 0 amide bonds. The first-order valence-corrected chi connectivity index (χ1v) is 6.41. The number of halogens is 1. The number of likely N-dealkylation sites (tertiary alicyclic amines) is 1. The predicted octanol–water partition coefficient (Wildman–Crippen LogP) is 3.47. The number of phenols is 1. The molecule has 1 unspecified atom stereocenters. The third-order valence-corrected chi connectivity index (χ3v) is 3.63. The van der Waals surface area contributed by atoms with Crippen LogP contribution in [0.2, 0.25) is 0 Å². The second-order valence-electron chi connectivity index (χ2n) is 4.83. The van der Waals surface area contributed by atoms with Gasteiger partial charge in [-0.3, -0.25) is 4.90 Å². The highest BCUT2D eigenvalue weighted by atomic mass is 19.1. The molecule has 1 atom stereocenters. The van der Waals surface area contributed by atoms with E-state index in [9.17, 15) is 9.50 Å². The van der Waals surface area contributed by atoms with E-state index in [0.29, 0.717) is 5.56 Å². The topological polar surface area (TPSA) is 23.5 Å². The third kappa shape index (κ3) is 2.97. The minimum Gasteiger partial charge on any atom is -0.508 e. The standard InChI is InChI=1S/C14H20FNO/c1-11(16-8-4-2-3-5-9-16)13-10-12(15)6-7-14(13)17/h6-7,10-11,17H,2-5,8-9H2,1H3. The molecule has 1 aromatic rings. The molecule has 1 saturated heterocycles. The van der Waals surface area contributed by atoms with E-state index in [4.69, 9.17) is 0 Å². The highest BCUT2D eigenvalue weighted by Gasteiger charge is 2.20. The van der Waals surface area contributed by atoms with Gasteiger partial charge in [0.1, 0.15) is 11.6 Å². The van der Waals surface area contributed by atoms with Gasteiger partial charge in [0, 0.05) is 11.6 Å². The Kier molecular flexibility index (Phi) is 4.00. The van der Waals surface area contributed by atoms with E-state index >= 15 is 0 Å². The molecule has 1 heterocycles. The third-order valence-electron chi connectivity index (χ3n) is 3.63. The molecule has 3 heteroatoms. The number of nitrogens with zero attached hydrogens (tertiary/aromatic N) is 1. The minimum atomic E-state index is -0.278. The molecule has 1 aromatic carbocycles. The van der Waals surface area contributed by atoms with Crippen LogP contribution in [-0.2, 0) is 0 Å². The van der Waals surface area contributed by atoms with Crippen molar-refractivity contribution < 1.29 is 9.50 Å². The molecular weight excluding hydrogens is 217 g/mol. The van der Waals surface area contributed by atoms with Crippen molar-refractivity contribution in [2.45, 2.75) is 38.6 Å². The van der Waals surface area contributed by atoms with Crippen molar-refractivity contribution >= 4 is 0 Å². The molecule has 94 valence electrons. The summed E-state index contributed by atoms with van der Waals surface area (Å²) >= 11 is 0. The van der Waals surface area contributed by atoms with Crippen LogP contribution >= 0.6 is 0 Å². The van der Waals surface area contributed by atoms with Crippen LogP contribution in [0.3, 0.4) is 0 Å². The quantitative estimate of drug-likeness (QED) is 0.851. The summed E-state index contributed by atoms with van der Waals surface area (Å²) in [5.74, 6) is -0.0809. The van der Waals surface area contributed by atoms with Crippen LogP contribution in [0.5, 0.6) is 5.75 Å². The number of benzene rings is 1. The molecule has 2 rings (SSSR count). The zero-order valence-corrected chi connectivity index (χ0v) is 10.3. The summed E-state index contributed by atoms with van der Waals surface area (Å²) in [6.07, 6.45) is 4.94. The van der Waals surface area contributed by atoms with E-state index < -0.39 is 0 Å². The van der Waals surface area contributed by atoms with Crippen LogP contribution in [0.1, 0.15) is 44.2 Å². The summed E-state index contributed by atoms with van der Waals surface area (Å²) in [7, 11) is 0. The van der Waals surface area contributed by atoms with Crippen molar-refractivity contribution in [2.24, 2.45) is 0 Å². The smallest absolute Gasteiger partial charge is 0.123 e. The van der Waals surface area contributed by atoms with Crippen molar-refractivity contribution in [3.63, 3.8) is 0 Å². The maximum absolute atomic E-state index is 13.2. The van der Waals surface area contributed by atoms with Crippen molar-refractivity contribution in [2.75, 3.05) is 13.1 Å². The fraction of sp³-hybridized carbons (Fsp3) is 0.571. The van der Waals surface area contributed by atoms with Crippen molar-refractivity contribution in [1.82, 2.24) is 4.90 Å². The largest absolute Gasteiger partial charge is 0.508 e. The first kappa shape index (κ1) is 12.4. The van der Waals surface area contributed by atoms with Gasteiger partial charge in [-0.05, 0) is 51.1 Å². The molecule has 1 aliphatic heterocycles. The lowest BCUT2D eigenvalue weighted by Gasteiger charge is -2.28. The van der Waals surface area contributed by atoms with Crippen LogP contribution in [0.25, 0.3) is 0 Å². The maximum Gasteiger partial charge on any atom is 0.123 e. The fourth-order valence-electron chi connectivity index (χ4n) is 2.54. The van der Waals surface area contributed by atoms with Gasteiger partial charge in [0.15, 0.2) is 0 Å². The first-order chi connectivity index (χ1) is 8.18. The van der Waals surface area contributed by atoms with Crippen LogP contribution in [-0.4, -0.2) is 23.1 Å². The van der Waals surface area contributed by atoms with Crippen molar-refractivity contribution in [1.29, 1.82) is 0 Å². The number of hydrogen-bond donors (Lipinski definition) is 1. The van der Waals surface area contributed by atoms with Gasteiger partial charge in [0.25, 0.3) is 0 Å².